The van der Waals surface area contributed by atoms with Gasteiger partial charge in [-0.1, -0.05) is 12.1 Å². The second kappa shape index (κ2) is 9.13. The number of carbonyl (C=O) groups excluding carboxylic acids is 2. The molecule has 0 atom stereocenters. The van der Waals surface area contributed by atoms with E-state index in [1.54, 1.807) is 31.2 Å². The first-order valence-electron chi connectivity index (χ1n) is 8.22. The van der Waals surface area contributed by atoms with Crippen LogP contribution in [-0.2, 0) is 27.7 Å². The van der Waals surface area contributed by atoms with Crippen molar-refractivity contribution in [2.45, 2.75) is 24.9 Å². The van der Waals surface area contributed by atoms with Crippen LogP contribution in [-0.4, -0.2) is 38.3 Å². The monoisotopic (exact) mass is 391 g/mol. The zero-order valence-electron chi connectivity index (χ0n) is 15.1. The van der Waals surface area contributed by atoms with Gasteiger partial charge in [0.1, 0.15) is 0 Å². The molecule has 1 aromatic heterocycles. The van der Waals surface area contributed by atoms with Crippen molar-refractivity contribution in [2.75, 3.05) is 12.9 Å². The standard InChI is InChI=1S/C18H21N3O5S/c1-3-26-18(23)21-12-15-10-14(8-9-19-15)17(22)20-11-13-4-6-16(7-5-13)27(2,24)25/h4-10H,3,11-12H2,1-2H3,(H,20,22)(H,21,23). The van der Waals surface area contributed by atoms with Gasteiger partial charge in [-0.15, -0.1) is 0 Å². The number of nitrogens with one attached hydrogen (secondary N) is 2. The van der Waals surface area contributed by atoms with Crippen LogP contribution in [0.3, 0.4) is 0 Å². The second-order valence-electron chi connectivity index (χ2n) is 5.71. The third-order valence-electron chi connectivity index (χ3n) is 3.57. The number of sulfone groups is 1. The first-order valence-corrected chi connectivity index (χ1v) is 10.1. The fraction of sp³-hybridized carbons (Fsp3) is 0.278. The number of alkyl carbamates (subject to hydrolysis) is 1. The largest absolute Gasteiger partial charge is 0.450 e. The molecule has 2 N–H and O–H groups in total. The summed E-state index contributed by atoms with van der Waals surface area (Å²) in [6, 6.07) is 9.45. The van der Waals surface area contributed by atoms with Gasteiger partial charge in [-0.2, -0.15) is 0 Å². The molecular weight excluding hydrogens is 370 g/mol. The lowest BCUT2D eigenvalue weighted by molar-refractivity contribution is 0.0950. The third-order valence-corrected chi connectivity index (χ3v) is 4.70. The minimum atomic E-state index is -3.25. The number of benzene rings is 1. The number of carbonyl (C=O) groups is 2. The summed E-state index contributed by atoms with van der Waals surface area (Å²) in [4.78, 5) is 27.9. The van der Waals surface area contributed by atoms with Crippen molar-refractivity contribution in [3.63, 3.8) is 0 Å². The van der Waals surface area contributed by atoms with Crippen LogP contribution in [0.4, 0.5) is 4.79 Å². The molecule has 0 bridgehead atoms. The van der Waals surface area contributed by atoms with Gasteiger partial charge in [0.25, 0.3) is 5.91 Å². The Bertz CT molecular complexity index is 911. The topological polar surface area (TPSA) is 114 Å². The lowest BCUT2D eigenvalue weighted by Crippen LogP contribution is -2.25. The Kier molecular flexibility index (Phi) is 6.89. The van der Waals surface area contributed by atoms with Crippen molar-refractivity contribution < 1.29 is 22.7 Å². The Morgan fingerprint density at radius 2 is 1.78 bits per heavy atom. The molecule has 0 saturated heterocycles. The van der Waals surface area contributed by atoms with Crippen molar-refractivity contribution in [3.05, 3.63) is 59.4 Å². The molecule has 0 aliphatic heterocycles. The second-order valence-corrected chi connectivity index (χ2v) is 7.72. The predicted molar refractivity (Wildman–Crippen MR) is 98.8 cm³/mol. The fourth-order valence-corrected chi connectivity index (χ4v) is 2.83. The quantitative estimate of drug-likeness (QED) is 0.742. The molecule has 2 rings (SSSR count). The smallest absolute Gasteiger partial charge is 0.407 e. The average Bonchev–Trinajstić information content (AvgIpc) is 2.64. The van der Waals surface area contributed by atoms with Crippen molar-refractivity contribution in [3.8, 4) is 0 Å². The zero-order chi connectivity index (χ0) is 19.9. The molecular formula is C18H21N3O5S. The van der Waals surface area contributed by atoms with E-state index >= 15 is 0 Å². The summed E-state index contributed by atoms with van der Waals surface area (Å²) in [5.41, 5.74) is 1.70. The summed E-state index contributed by atoms with van der Waals surface area (Å²) in [5.74, 6) is -0.304. The number of aromatic nitrogens is 1. The fourth-order valence-electron chi connectivity index (χ4n) is 2.20. The van der Waals surface area contributed by atoms with E-state index < -0.39 is 15.9 Å². The molecule has 8 nitrogen and oxygen atoms in total. The lowest BCUT2D eigenvalue weighted by Gasteiger charge is -2.08. The van der Waals surface area contributed by atoms with Gasteiger partial charge in [0.2, 0.25) is 0 Å². The van der Waals surface area contributed by atoms with E-state index in [2.05, 4.69) is 15.6 Å². The molecule has 27 heavy (non-hydrogen) atoms. The molecule has 0 fully saturated rings. The van der Waals surface area contributed by atoms with Crippen molar-refractivity contribution >= 4 is 21.8 Å². The Morgan fingerprint density at radius 1 is 1.07 bits per heavy atom. The normalized spacial score (nSPS) is 10.9. The van der Waals surface area contributed by atoms with Crippen molar-refractivity contribution in [2.24, 2.45) is 0 Å². The zero-order valence-corrected chi connectivity index (χ0v) is 15.9. The molecule has 1 heterocycles. The maximum atomic E-state index is 12.3. The van der Waals surface area contributed by atoms with E-state index in [1.807, 2.05) is 0 Å². The minimum absolute atomic E-state index is 0.146. The van der Waals surface area contributed by atoms with Crippen LogP contribution in [0, 0.1) is 0 Å². The van der Waals surface area contributed by atoms with Crippen LogP contribution in [0.5, 0.6) is 0 Å². The first kappa shape index (κ1) is 20.4. The predicted octanol–water partition coefficient (Wildman–Crippen LogP) is 1.66. The van der Waals surface area contributed by atoms with Crippen LogP contribution in [0.25, 0.3) is 0 Å². The summed E-state index contributed by atoms with van der Waals surface area (Å²) in [5, 5.41) is 5.29. The number of amides is 2. The van der Waals surface area contributed by atoms with Gasteiger partial charge in [0.05, 0.1) is 23.7 Å². The van der Waals surface area contributed by atoms with E-state index in [1.165, 1.54) is 18.3 Å². The Labute approximate surface area is 157 Å². The van der Waals surface area contributed by atoms with Crippen molar-refractivity contribution in [1.29, 1.82) is 0 Å². The summed E-state index contributed by atoms with van der Waals surface area (Å²) < 4.78 is 27.7. The highest BCUT2D eigenvalue weighted by molar-refractivity contribution is 7.90. The van der Waals surface area contributed by atoms with Gasteiger partial charge in [-0.3, -0.25) is 9.78 Å². The summed E-state index contributed by atoms with van der Waals surface area (Å²) >= 11 is 0. The molecule has 2 aromatic rings. The number of ether oxygens (including phenoxy) is 1. The highest BCUT2D eigenvalue weighted by Gasteiger charge is 2.09. The maximum Gasteiger partial charge on any atom is 0.407 e. The summed E-state index contributed by atoms with van der Waals surface area (Å²) in [6.45, 7) is 2.37. The highest BCUT2D eigenvalue weighted by Crippen LogP contribution is 2.10. The Balaban J connectivity index is 1.94. The third kappa shape index (κ3) is 6.37. The summed E-state index contributed by atoms with van der Waals surface area (Å²) in [6.07, 6.45) is 2.08. The number of nitrogens with zero attached hydrogens (tertiary/aromatic N) is 1. The van der Waals surface area contributed by atoms with Gasteiger partial charge in [0, 0.05) is 24.6 Å². The molecule has 0 saturated carbocycles. The maximum absolute atomic E-state index is 12.3. The van der Waals surface area contributed by atoms with E-state index in [4.69, 9.17) is 4.74 Å². The van der Waals surface area contributed by atoms with Gasteiger partial charge in [-0.05, 0) is 36.8 Å². The summed E-state index contributed by atoms with van der Waals surface area (Å²) in [7, 11) is -3.25. The van der Waals surface area contributed by atoms with Crippen LogP contribution < -0.4 is 10.6 Å². The SMILES string of the molecule is CCOC(=O)NCc1cc(C(=O)NCc2ccc(S(C)(=O)=O)cc2)ccn1. The molecule has 1 aromatic carbocycles. The molecule has 0 aliphatic rings. The van der Waals surface area contributed by atoms with Crippen LogP contribution in [0.1, 0.15) is 28.5 Å². The molecule has 9 heteroatoms. The van der Waals surface area contributed by atoms with E-state index in [0.717, 1.165) is 11.8 Å². The molecule has 2 amide bonds. The van der Waals surface area contributed by atoms with Gasteiger partial charge >= 0.3 is 6.09 Å². The van der Waals surface area contributed by atoms with Crippen LogP contribution >= 0.6 is 0 Å². The highest BCUT2D eigenvalue weighted by atomic mass is 32.2. The number of pyridine rings is 1. The average molecular weight is 391 g/mol. The van der Waals surface area contributed by atoms with E-state index in [-0.39, 0.29) is 30.5 Å². The molecule has 0 aliphatic carbocycles. The van der Waals surface area contributed by atoms with Crippen LogP contribution in [0.2, 0.25) is 0 Å². The number of hydrogen-bond acceptors (Lipinski definition) is 6. The van der Waals surface area contributed by atoms with Crippen LogP contribution in [0.15, 0.2) is 47.5 Å². The minimum Gasteiger partial charge on any atom is -0.450 e. The molecule has 144 valence electrons. The molecule has 0 spiro atoms. The number of rotatable bonds is 7. The van der Waals surface area contributed by atoms with E-state index in [0.29, 0.717) is 11.3 Å². The van der Waals surface area contributed by atoms with Gasteiger partial charge < -0.3 is 15.4 Å². The number of hydrogen-bond donors (Lipinski definition) is 2. The first-order chi connectivity index (χ1) is 12.8. The lowest BCUT2D eigenvalue weighted by atomic mass is 10.2. The molecule has 0 unspecified atom stereocenters. The van der Waals surface area contributed by atoms with Gasteiger partial charge in [-0.25, -0.2) is 13.2 Å². The Hall–Kier alpha value is -2.94. The van der Waals surface area contributed by atoms with E-state index in [9.17, 15) is 18.0 Å². The van der Waals surface area contributed by atoms with Gasteiger partial charge in [0.15, 0.2) is 9.84 Å². The molecule has 0 radical (unpaired) electrons. The van der Waals surface area contributed by atoms with Crippen molar-refractivity contribution in [1.82, 2.24) is 15.6 Å². The Morgan fingerprint density at radius 3 is 2.41 bits per heavy atom.